The molecule has 1 saturated heterocycles. The first-order chi connectivity index (χ1) is 11.7. The summed E-state index contributed by atoms with van der Waals surface area (Å²) < 4.78 is 5.97. The van der Waals surface area contributed by atoms with E-state index in [1.165, 1.54) is 11.8 Å². The Hall–Kier alpha value is -1.89. The second-order valence-corrected chi connectivity index (χ2v) is 6.88. The fourth-order valence-corrected chi connectivity index (χ4v) is 3.13. The normalized spacial score (nSPS) is 15.5. The van der Waals surface area contributed by atoms with Crippen molar-refractivity contribution in [2.24, 2.45) is 5.92 Å². The number of piperidine rings is 1. The first-order valence-electron chi connectivity index (χ1n) is 8.19. The summed E-state index contributed by atoms with van der Waals surface area (Å²) in [4.78, 5) is 19.6. The smallest absolute Gasteiger partial charge is 0.220 e. The zero-order chi connectivity index (χ0) is 16.9. The van der Waals surface area contributed by atoms with Crippen molar-refractivity contribution in [1.29, 1.82) is 0 Å². The van der Waals surface area contributed by atoms with Crippen molar-refractivity contribution in [2.75, 3.05) is 30.9 Å². The maximum absolute atomic E-state index is 5.97. The van der Waals surface area contributed by atoms with Crippen LogP contribution in [0.2, 0.25) is 0 Å². The topological polar surface area (TPSA) is 64.0 Å². The largest absolute Gasteiger partial charge is 0.477 e. The molecule has 2 aromatic heterocycles. The molecule has 128 valence electrons. The summed E-state index contributed by atoms with van der Waals surface area (Å²) in [5, 5.41) is 0.754. The minimum absolute atomic E-state index is 0.552. The van der Waals surface area contributed by atoms with Crippen LogP contribution in [-0.2, 0) is 0 Å². The van der Waals surface area contributed by atoms with Gasteiger partial charge in [-0.2, -0.15) is 4.98 Å². The van der Waals surface area contributed by atoms with Gasteiger partial charge in [-0.05, 0) is 38.9 Å². The van der Waals surface area contributed by atoms with Gasteiger partial charge in [0.05, 0.1) is 6.61 Å². The number of hydrogen-bond acceptors (Lipinski definition) is 7. The van der Waals surface area contributed by atoms with Crippen molar-refractivity contribution in [3.05, 3.63) is 29.8 Å². The maximum Gasteiger partial charge on any atom is 0.220 e. The Balaban J connectivity index is 1.52. The maximum atomic E-state index is 5.97. The number of thioether (sulfide) groups is 1. The van der Waals surface area contributed by atoms with Crippen LogP contribution in [0.1, 0.15) is 24.1 Å². The molecule has 0 unspecified atom stereocenters. The van der Waals surface area contributed by atoms with Crippen LogP contribution in [-0.4, -0.2) is 45.9 Å². The van der Waals surface area contributed by atoms with E-state index in [0.717, 1.165) is 48.2 Å². The lowest BCUT2D eigenvalue weighted by atomic mass is 9.98. The average Bonchev–Trinajstić information content (AvgIpc) is 2.61. The number of aromatic nitrogens is 4. The van der Waals surface area contributed by atoms with E-state index in [-0.39, 0.29) is 0 Å². The number of anilines is 1. The van der Waals surface area contributed by atoms with Gasteiger partial charge >= 0.3 is 0 Å². The fraction of sp³-hybridized carbons (Fsp3) is 0.529. The van der Waals surface area contributed by atoms with Crippen molar-refractivity contribution in [1.82, 2.24) is 19.9 Å². The molecule has 0 radical (unpaired) electrons. The Morgan fingerprint density at radius 1 is 1.21 bits per heavy atom. The predicted octanol–water partition coefficient (Wildman–Crippen LogP) is 2.90. The lowest BCUT2D eigenvalue weighted by Crippen LogP contribution is -2.36. The fourth-order valence-electron chi connectivity index (χ4n) is 2.79. The van der Waals surface area contributed by atoms with Crippen LogP contribution in [0.15, 0.2) is 23.7 Å². The number of aryl methyl sites for hydroxylation is 2. The molecular weight excluding hydrogens is 322 g/mol. The highest BCUT2D eigenvalue weighted by Gasteiger charge is 2.21. The zero-order valence-corrected chi connectivity index (χ0v) is 15.2. The molecule has 0 spiro atoms. The van der Waals surface area contributed by atoms with E-state index >= 15 is 0 Å². The number of rotatable bonds is 5. The van der Waals surface area contributed by atoms with Crippen molar-refractivity contribution < 1.29 is 4.74 Å². The van der Waals surface area contributed by atoms with E-state index in [1.807, 2.05) is 32.4 Å². The number of nitrogens with zero attached hydrogens (tertiary/aromatic N) is 5. The minimum atomic E-state index is 0.552. The van der Waals surface area contributed by atoms with Gasteiger partial charge in [-0.25, -0.2) is 15.0 Å². The standard InChI is InChI=1S/C17H23N5OS/c1-12-9-18-17(24-3)21-16(12)23-10-14-4-6-22(7-5-14)15-8-13(2)19-11-20-15/h8-9,11,14H,4-7,10H2,1-3H3. The van der Waals surface area contributed by atoms with Gasteiger partial charge in [-0.15, -0.1) is 0 Å². The van der Waals surface area contributed by atoms with Gasteiger partial charge in [0.1, 0.15) is 12.1 Å². The van der Waals surface area contributed by atoms with Crippen LogP contribution in [0.5, 0.6) is 5.88 Å². The van der Waals surface area contributed by atoms with Crippen LogP contribution in [0.4, 0.5) is 5.82 Å². The molecule has 0 aliphatic carbocycles. The molecule has 0 N–H and O–H groups in total. The van der Waals surface area contributed by atoms with Crippen molar-refractivity contribution >= 4 is 17.6 Å². The Morgan fingerprint density at radius 2 is 2.00 bits per heavy atom. The summed E-state index contributed by atoms with van der Waals surface area (Å²) in [6.07, 6.45) is 7.64. The van der Waals surface area contributed by atoms with Crippen LogP contribution in [0.3, 0.4) is 0 Å². The van der Waals surface area contributed by atoms with E-state index in [1.54, 1.807) is 6.33 Å². The monoisotopic (exact) mass is 345 g/mol. The van der Waals surface area contributed by atoms with Crippen LogP contribution < -0.4 is 9.64 Å². The first kappa shape index (κ1) is 17.0. The third-order valence-corrected chi connectivity index (χ3v) is 4.83. The lowest BCUT2D eigenvalue weighted by molar-refractivity contribution is 0.213. The van der Waals surface area contributed by atoms with Crippen molar-refractivity contribution in [2.45, 2.75) is 31.8 Å². The van der Waals surface area contributed by atoms with Gasteiger partial charge in [0.15, 0.2) is 5.16 Å². The molecular formula is C17H23N5OS. The van der Waals surface area contributed by atoms with Crippen molar-refractivity contribution in [3.63, 3.8) is 0 Å². The second-order valence-electron chi connectivity index (χ2n) is 6.10. The summed E-state index contributed by atoms with van der Waals surface area (Å²) in [7, 11) is 0. The molecule has 0 atom stereocenters. The van der Waals surface area contributed by atoms with Crippen LogP contribution >= 0.6 is 11.8 Å². The zero-order valence-electron chi connectivity index (χ0n) is 14.4. The van der Waals surface area contributed by atoms with Gasteiger partial charge < -0.3 is 9.64 Å². The third-order valence-electron chi connectivity index (χ3n) is 4.27. The summed E-state index contributed by atoms with van der Waals surface area (Å²) in [6.45, 7) is 6.70. The SMILES string of the molecule is CSc1ncc(C)c(OCC2CCN(c3cc(C)ncn3)CC2)n1. The molecule has 1 aliphatic rings. The molecule has 1 fully saturated rings. The average molecular weight is 345 g/mol. The van der Waals surface area contributed by atoms with E-state index < -0.39 is 0 Å². The molecule has 1 aliphatic heterocycles. The number of hydrogen-bond donors (Lipinski definition) is 0. The Kier molecular flexibility index (Phi) is 5.50. The van der Waals surface area contributed by atoms with E-state index in [4.69, 9.17) is 4.74 Å². The molecule has 0 aromatic carbocycles. The summed E-state index contributed by atoms with van der Waals surface area (Å²) in [6, 6.07) is 2.05. The van der Waals surface area contributed by atoms with Crippen molar-refractivity contribution in [3.8, 4) is 5.88 Å². The van der Waals surface area contributed by atoms with E-state index in [0.29, 0.717) is 18.4 Å². The van der Waals surface area contributed by atoms with Gasteiger partial charge in [0, 0.05) is 36.6 Å². The van der Waals surface area contributed by atoms with Crippen LogP contribution in [0, 0.1) is 19.8 Å². The first-order valence-corrected chi connectivity index (χ1v) is 9.42. The molecule has 3 heterocycles. The highest BCUT2D eigenvalue weighted by Crippen LogP contribution is 2.24. The molecule has 0 amide bonds. The minimum Gasteiger partial charge on any atom is -0.477 e. The van der Waals surface area contributed by atoms with E-state index in [2.05, 4.69) is 24.8 Å². The highest BCUT2D eigenvalue weighted by atomic mass is 32.2. The molecule has 7 heteroatoms. The Morgan fingerprint density at radius 3 is 2.71 bits per heavy atom. The summed E-state index contributed by atoms with van der Waals surface area (Å²) in [5.41, 5.74) is 2.00. The van der Waals surface area contributed by atoms with Gasteiger partial charge in [-0.3, -0.25) is 0 Å². The second kappa shape index (κ2) is 7.79. The number of ether oxygens (including phenoxy) is 1. The molecule has 3 rings (SSSR count). The molecule has 24 heavy (non-hydrogen) atoms. The Bertz CT molecular complexity index is 688. The quantitative estimate of drug-likeness (QED) is 0.610. The Labute approximate surface area is 147 Å². The van der Waals surface area contributed by atoms with Gasteiger partial charge in [0.2, 0.25) is 5.88 Å². The molecule has 6 nitrogen and oxygen atoms in total. The van der Waals surface area contributed by atoms with E-state index in [9.17, 15) is 0 Å². The third kappa shape index (κ3) is 4.14. The predicted molar refractivity (Wildman–Crippen MR) is 95.8 cm³/mol. The van der Waals surface area contributed by atoms with Gasteiger partial charge in [0.25, 0.3) is 0 Å². The lowest BCUT2D eigenvalue weighted by Gasteiger charge is -2.32. The molecule has 0 saturated carbocycles. The summed E-state index contributed by atoms with van der Waals surface area (Å²) >= 11 is 1.53. The highest BCUT2D eigenvalue weighted by molar-refractivity contribution is 7.98. The molecule has 0 bridgehead atoms. The summed E-state index contributed by atoms with van der Waals surface area (Å²) in [5.74, 6) is 2.29. The van der Waals surface area contributed by atoms with Gasteiger partial charge in [-0.1, -0.05) is 11.8 Å². The molecule has 2 aromatic rings. The van der Waals surface area contributed by atoms with Crippen LogP contribution in [0.25, 0.3) is 0 Å².